The van der Waals surface area contributed by atoms with Crippen LogP contribution in [0.1, 0.15) is 33.0 Å². The van der Waals surface area contributed by atoms with Crippen molar-refractivity contribution in [2.75, 3.05) is 13.2 Å². The Morgan fingerprint density at radius 3 is 2.60 bits per heavy atom. The fraction of sp³-hybridized carbons (Fsp3) is 0.692. The summed E-state index contributed by atoms with van der Waals surface area (Å²) in [6, 6.07) is 3.41. The molecule has 0 aliphatic carbocycles. The van der Waals surface area contributed by atoms with Crippen LogP contribution in [0.15, 0.2) is 21.6 Å². The summed E-state index contributed by atoms with van der Waals surface area (Å²) < 4.78 is 31.8. The lowest BCUT2D eigenvalue weighted by Crippen LogP contribution is -2.28. The lowest BCUT2D eigenvalue weighted by Gasteiger charge is -2.10. The van der Waals surface area contributed by atoms with E-state index in [9.17, 15) is 8.42 Å². The van der Waals surface area contributed by atoms with Gasteiger partial charge in [-0.15, -0.1) is 0 Å². The van der Waals surface area contributed by atoms with Crippen molar-refractivity contribution in [2.45, 2.75) is 44.9 Å². The number of aliphatic hydroxyl groups excluding tert-OH is 1. The van der Waals surface area contributed by atoms with E-state index >= 15 is 0 Å². The Hall–Kier alpha value is -0.890. The van der Waals surface area contributed by atoms with Crippen molar-refractivity contribution < 1.29 is 17.9 Å². The Morgan fingerprint density at radius 1 is 1.30 bits per heavy atom. The maximum atomic E-state index is 12.0. The van der Waals surface area contributed by atoms with E-state index in [1.807, 2.05) is 20.8 Å². The van der Waals surface area contributed by atoms with Gasteiger partial charge >= 0.3 is 0 Å². The smallest absolute Gasteiger partial charge is 0.273 e. The van der Waals surface area contributed by atoms with Crippen molar-refractivity contribution in [1.82, 2.24) is 10.0 Å². The summed E-state index contributed by atoms with van der Waals surface area (Å²) in [6.45, 7) is 6.71. The second-order valence-electron chi connectivity index (χ2n) is 5.23. The van der Waals surface area contributed by atoms with Crippen LogP contribution in [-0.4, -0.2) is 32.7 Å². The van der Waals surface area contributed by atoms with E-state index in [-0.39, 0.29) is 24.2 Å². The monoisotopic (exact) mass is 304 g/mol. The van der Waals surface area contributed by atoms with Crippen molar-refractivity contribution >= 4 is 10.0 Å². The Morgan fingerprint density at radius 2 is 2.00 bits per heavy atom. The van der Waals surface area contributed by atoms with Gasteiger partial charge < -0.3 is 14.8 Å². The Bertz CT molecular complexity index is 496. The highest BCUT2D eigenvalue weighted by Gasteiger charge is 2.19. The van der Waals surface area contributed by atoms with E-state index in [0.717, 1.165) is 0 Å². The first-order valence-corrected chi connectivity index (χ1v) is 8.26. The zero-order valence-corrected chi connectivity index (χ0v) is 13.0. The van der Waals surface area contributed by atoms with Gasteiger partial charge in [0.05, 0.1) is 6.54 Å². The van der Waals surface area contributed by atoms with Gasteiger partial charge in [-0.25, -0.2) is 13.1 Å². The van der Waals surface area contributed by atoms with E-state index in [0.29, 0.717) is 24.8 Å². The third kappa shape index (κ3) is 5.62. The zero-order valence-electron chi connectivity index (χ0n) is 12.2. The second-order valence-corrected chi connectivity index (χ2v) is 6.92. The standard InChI is InChI=1S/C13H24N2O4S/c1-10(2)14-9-12-4-5-13(19-12)20(17,18)15-8-11(3)6-7-16/h4-5,10-11,14-16H,6-9H2,1-3H3. The number of hydrogen-bond donors (Lipinski definition) is 3. The molecular weight excluding hydrogens is 280 g/mol. The third-order valence-corrected chi connectivity index (χ3v) is 4.13. The average Bonchev–Trinajstić information content (AvgIpc) is 2.84. The summed E-state index contributed by atoms with van der Waals surface area (Å²) >= 11 is 0. The number of aliphatic hydroxyl groups is 1. The van der Waals surface area contributed by atoms with E-state index in [1.54, 1.807) is 6.07 Å². The molecule has 1 atom stereocenters. The van der Waals surface area contributed by atoms with Gasteiger partial charge in [0, 0.05) is 19.2 Å². The number of sulfonamides is 1. The van der Waals surface area contributed by atoms with Crippen LogP contribution in [0, 0.1) is 5.92 Å². The number of nitrogens with one attached hydrogen (secondary N) is 2. The third-order valence-electron chi connectivity index (χ3n) is 2.83. The zero-order chi connectivity index (χ0) is 15.2. The van der Waals surface area contributed by atoms with Crippen molar-refractivity contribution in [1.29, 1.82) is 0 Å². The molecule has 1 aromatic heterocycles. The summed E-state index contributed by atoms with van der Waals surface area (Å²) in [5.74, 6) is 0.661. The SMILES string of the molecule is CC(CCO)CNS(=O)(=O)c1ccc(CNC(C)C)o1. The highest BCUT2D eigenvalue weighted by molar-refractivity contribution is 7.89. The Labute approximate surface area is 120 Å². The molecule has 0 aliphatic heterocycles. The summed E-state index contributed by atoms with van der Waals surface area (Å²) in [4.78, 5) is 0. The molecule has 1 rings (SSSR count). The van der Waals surface area contributed by atoms with Crippen LogP contribution >= 0.6 is 0 Å². The minimum atomic E-state index is -3.62. The Kier molecular flexibility index (Phi) is 6.67. The Balaban J connectivity index is 2.59. The summed E-state index contributed by atoms with van der Waals surface area (Å²) in [7, 11) is -3.62. The molecule has 0 amide bonds. The van der Waals surface area contributed by atoms with Crippen LogP contribution in [0.25, 0.3) is 0 Å². The van der Waals surface area contributed by atoms with Gasteiger partial charge in [0.15, 0.2) is 0 Å². The highest BCUT2D eigenvalue weighted by atomic mass is 32.2. The molecule has 0 bridgehead atoms. The molecule has 1 aromatic rings. The molecule has 0 aromatic carbocycles. The molecule has 3 N–H and O–H groups in total. The molecular formula is C13H24N2O4S. The van der Waals surface area contributed by atoms with E-state index < -0.39 is 10.0 Å². The largest absolute Gasteiger partial charge is 0.447 e. The lowest BCUT2D eigenvalue weighted by atomic mass is 10.1. The number of hydrogen-bond acceptors (Lipinski definition) is 5. The number of rotatable bonds is 9. The quantitative estimate of drug-likeness (QED) is 0.635. The molecule has 0 radical (unpaired) electrons. The van der Waals surface area contributed by atoms with Gasteiger partial charge in [-0.05, 0) is 24.5 Å². The predicted molar refractivity (Wildman–Crippen MR) is 76.7 cm³/mol. The van der Waals surface area contributed by atoms with Crippen LogP contribution < -0.4 is 10.0 Å². The molecule has 7 heteroatoms. The van der Waals surface area contributed by atoms with Crippen molar-refractivity contribution in [3.63, 3.8) is 0 Å². The van der Waals surface area contributed by atoms with Gasteiger partial charge in [-0.3, -0.25) is 0 Å². The van der Waals surface area contributed by atoms with Crippen molar-refractivity contribution in [3.8, 4) is 0 Å². The fourth-order valence-corrected chi connectivity index (χ4v) is 2.66. The average molecular weight is 304 g/mol. The van der Waals surface area contributed by atoms with E-state index in [1.165, 1.54) is 6.07 Å². The molecule has 6 nitrogen and oxygen atoms in total. The first-order chi connectivity index (χ1) is 9.35. The van der Waals surface area contributed by atoms with Crippen LogP contribution in [0.4, 0.5) is 0 Å². The summed E-state index contributed by atoms with van der Waals surface area (Å²) in [5, 5.41) is 11.9. The topological polar surface area (TPSA) is 91.6 Å². The minimum absolute atomic E-state index is 0.0503. The first kappa shape index (κ1) is 17.2. The molecule has 1 unspecified atom stereocenters. The first-order valence-electron chi connectivity index (χ1n) is 6.77. The summed E-state index contributed by atoms with van der Waals surface area (Å²) in [6.07, 6.45) is 0.560. The van der Waals surface area contributed by atoms with Gasteiger partial charge in [-0.2, -0.15) is 0 Å². The molecule has 0 saturated heterocycles. The fourth-order valence-electron chi connectivity index (χ4n) is 1.55. The normalized spacial score (nSPS) is 13.8. The van der Waals surface area contributed by atoms with Gasteiger partial charge in [-0.1, -0.05) is 20.8 Å². The maximum Gasteiger partial charge on any atom is 0.273 e. The maximum absolute atomic E-state index is 12.0. The van der Waals surface area contributed by atoms with E-state index in [4.69, 9.17) is 9.52 Å². The van der Waals surface area contributed by atoms with Gasteiger partial charge in [0.25, 0.3) is 10.0 Å². The van der Waals surface area contributed by atoms with Crippen LogP contribution in [0.3, 0.4) is 0 Å². The van der Waals surface area contributed by atoms with Crippen LogP contribution in [0.5, 0.6) is 0 Å². The molecule has 0 spiro atoms. The van der Waals surface area contributed by atoms with Crippen molar-refractivity contribution in [2.24, 2.45) is 5.92 Å². The minimum Gasteiger partial charge on any atom is -0.447 e. The highest BCUT2D eigenvalue weighted by Crippen LogP contribution is 2.14. The molecule has 1 heterocycles. The van der Waals surface area contributed by atoms with Crippen LogP contribution in [-0.2, 0) is 16.6 Å². The molecule has 116 valence electrons. The second kappa shape index (κ2) is 7.78. The predicted octanol–water partition coefficient (Wildman–Crippen LogP) is 1.07. The van der Waals surface area contributed by atoms with Gasteiger partial charge in [0.2, 0.25) is 5.09 Å². The molecule has 20 heavy (non-hydrogen) atoms. The molecule has 0 aliphatic rings. The van der Waals surface area contributed by atoms with E-state index in [2.05, 4.69) is 10.0 Å². The molecule has 0 saturated carbocycles. The van der Waals surface area contributed by atoms with Gasteiger partial charge in [0.1, 0.15) is 5.76 Å². The van der Waals surface area contributed by atoms with Crippen LogP contribution in [0.2, 0.25) is 0 Å². The van der Waals surface area contributed by atoms with Crippen molar-refractivity contribution in [3.05, 3.63) is 17.9 Å². The summed E-state index contributed by atoms with van der Waals surface area (Å²) in [5.41, 5.74) is 0. The lowest BCUT2D eigenvalue weighted by molar-refractivity contribution is 0.262. The number of furan rings is 1. The molecule has 0 fully saturated rings.